The molecule has 6 nitrogen and oxygen atoms in total. The molecule has 8 heteroatoms. The summed E-state index contributed by atoms with van der Waals surface area (Å²) in [5.41, 5.74) is 2.66. The van der Waals surface area contributed by atoms with Gasteiger partial charge in [0.25, 0.3) is 0 Å². The number of carbonyl (C=O) groups excluding carboxylic acids is 2. The van der Waals surface area contributed by atoms with Crippen LogP contribution in [-0.2, 0) is 19.1 Å². The molecule has 0 saturated heterocycles. The predicted octanol–water partition coefficient (Wildman–Crippen LogP) is -0.105. The second-order valence-electron chi connectivity index (χ2n) is 10.6. The zero-order chi connectivity index (χ0) is 28.6. The van der Waals surface area contributed by atoms with E-state index in [2.05, 4.69) is 104 Å². The fourth-order valence-electron chi connectivity index (χ4n) is 4.07. The van der Waals surface area contributed by atoms with Crippen molar-refractivity contribution in [2.45, 2.75) is 38.8 Å². The molecule has 40 heavy (non-hydrogen) atoms. The van der Waals surface area contributed by atoms with Gasteiger partial charge in [-0.2, -0.15) is 0 Å². The summed E-state index contributed by atoms with van der Waals surface area (Å²) in [5.74, 6) is -0.692. The fourth-order valence-corrected chi connectivity index (χ4v) is 4.07. The Bertz CT molecular complexity index is 917. The molecule has 0 heterocycles. The summed E-state index contributed by atoms with van der Waals surface area (Å²) >= 11 is 0. The molecule has 2 aromatic rings. The van der Waals surface area contributed by atoms with Gasteiger partial charge in [-0.15, -0.1) is 0 Å². The van der Waals surface area contributed by atoms with Gasteiger partial charge < -0.3 is 43.3 Å². The van der Waals surface area contributed by atoms with Gasteiger partial charge in [0.15, 0.2) is 0 Å². The molecule has 0 aliphatic carbocycles. The first kappa shape index (κ1) is 39.5. The number of benzene rings is 2. The van der Waals surface area contributed by atoms with E-state index in [9.17, 15) is 9.59 Å². The molecule has 224 valence electrons. The Morgan fingerprint density at radius 2 is 0.975 bits per heavy atom. The lowest BCUT2D eigenvalue weighted by molar-refractivity contribution is -0.919. The van der Waals surface area contributed by atoms with E-state index in [0.717, 1.165) is 34.9 Å². The highest BCUT2D eigenvalue weighted by atomic mass is 35.5. The third-order valence-corrected chi connectivity index (χ3v) is 7.24. The molecule has 0 amide bonds. The van der Waals surface area contributed by atoms with Crippen molar-refractivity contribution in [3.63, 3.8) is 0 Å². The van der Waals surface area contributed by atoms with Gasteiger partial charge in [0.2, 0.25) is 0 Å². The third kappa shape index (κ3) is 14.7. The number of nitrogens with zero attached hydrogens (tertiary/aromatic N) is 2. The fraction of sp³-hybridized carbons (Fsp3) is 0.438. The van der Waals surface area contributed by atoms with Crippen LogP contribution in [0.2, 0.25) is 0 Å². The Labute approximate surface area is 254 Å². The largest absolute Gasteiger partial charge is 1.00 e. The average molecular weight is 596 g/mol. The van der Waals surface area contributed by atoms with Gasteiger partial charge in [-0.3, -0.25) is 0 Å². The molecular weight excluding hydrogens is 547 g/mol. The molecule has 0 bridgehead atoms. The summed E-state index contributed by atoms with van der Waals surface area (Å²) in [4.78, 5) is 21.9. The second kappa shape index (κ2) is 20.3. The monoisotopic (exact) mass is 594 g/mol. The molecule has 0 aromatic heterocycles. The maximum atomic E-state index is 10.9. The van der Waals surface area contributed by atoms with Gasteiger partial charge >= 0.3 is 11.9 Å². The Hall–Kier alpha value is -2.64. The standard InChI is InChI=1S/2C16H24NO2.2ClH/c2*1-5-16(18)19-13-9-12-17(3,4)14(2)15-10-7-6-8-11-15;;/h2*5-8,10-11,14H,1,9,12-13H2,2-4H3;2*1H/q2*+1;;/p-2. The number of quaternary nitrogens is 2. The van der Waals surface area contributed by atoms with E-state index in [1.165, 1.54) is 23.3 Å². The molecule has 2 atom stereocenters. The van der Waals surface area contributed by atoms with E-state index in [1.807, 2.05) is 12.1 Å². The molecule has 0 aliphatic rings. The van der Waals surface area contributed by atoms with E-state index in [1.54, 1.807) is 0 Å². The smallest absolute Gasteiger partial charge is 0.330 e. The summed E-state index contributed by atoms with van der Waals surface area (Å²) < 4.78 is 11.8. The SMILES string of the molecule is C=CC(=O)OCCC[N+](C)(C)C(C)c1ccccc1.C=CC(=O)OCCC[N+](C)(C)C(C)c1ccccc1.[Cl-].[Cl-]. The first-order valence-electron chi connectivity index (χ1n) is 13.3. The number of ether oxygens (including phenoxy) is 2. The van der Waals surface area contributed by atoms with Crippen LogP contribution in [0.25, 0.3) is 0 Å². The molecule has 2 aromatic carbocycles. The highest BCUT2D eigenvalue weighted by molar-refractivity contribution is 5.81. The normalized spacial score (nSPS) is 12.2. The summed E-state index contributed by atoms with van der Waals surface area (Å²) in [7, 11) is 8.81. The topological polar surface area (TPSA) is 52.6 Å². The van der Waals surface area contributed by atoms with Crippen LogP contribution in [0.1, 0.15) is 49.9 Å². The van der Waals surface area contributed by atoms with Crippen molar-refractivity contribution >= 4 is 11.9 Å². The maximum absolute atomic E-state index is 10.9. The van der Waals surface area contributed by atoms with Crippen LogP contribution in [-0.4, -0.2) is 75.4 Å². The van der Waals surface area contributed by atoms with Gasteiger partial charge in [-0.1, -0.05) is 73.8 Å². The van der Waals surface area contributed by atoms with E-state index in [0.29, 0.717) is 25.3 Å². The van der Waals surface area contributed by atoms with Gasteiger partial charge in [-0.05, 0) is 13.8 Å². The maximum Gasteiger partial charge on any atom is 0.330 e. The minimum Gasteiger partial charge on any atom is -1.00 e. The van der Waals surface area contributed by atoms with Crippen molar-refractivity contribution < 1.29 is 52.8 Å². The highest BCUT2D eigenvalue weighted by Gasteiger charge is 2.26. The Morgan fingerprint density at radius 1 is 0.675 bits per heavy atom. The Morgan fingerprint density at radius 3 is 1.25 bits per heavy atom. The van der Waals surface area contributed by atoms with E-state index in [-0.39, 0.29) is 36.8 Å². The van der Waals surface area contributed by atoms with Crippen molar-refractivity contribution in [1.29, 1.82) is 0 Å². The van der Waals surface area contributed by atoms with Gasteiger partial charge in [-0.25, -0.2) is 9.59 Å². The van der Waals surface area contributed by atoms with Crippen LogP contribution in [0.5, 0.6) is 0 Å². The lowest BCUT2D eigenvalue weighted by Gasteiger charge is -2.36. The Kier molecular flexibility index (Phi) is 20.0. The summed E-state index contributed by atoms with van der Waals surface area (Å²) in [6, 6.07) is 21.8. The third-order valence-electron chi connectivity index (χ3n) is 7.24. The van der Waals surface area contributed by atoms with Crippen molar-refractivity contribution in [3.8, 4) is 0 Å². The van der Waals surface area contributed by atoms with Crippen molar-refractivity contribution in [2.75, 3.05) is 54.5 Å². The second-order valence-corrected chi connectivity index (χ2v) is 10.6. The molecule has 0 radical (unpaired) electrons. The first-order chi connectivity index (χ1) is 17.9. The molecule has 0 fully saturated rings. The number of esters is 2. The van der Waals surface area contributed by atoms with Crippen LogP contribution >= 0.6 is 0 Å². The zero-order valence-electron chi connectivity index (χ0n) is 25.0. The lowest BCUT2D eigenvalue weighted by atomic mass is 10.1. The molecule has 0 spiro atoms. The van der Waals surface area contributed by atoms with E-state index < -0.39 is 0 Å². The van der Waals surface area contributed by atoms with Crippen LogP contribution in [0.15, 0.2) is 86.0 Å². The van der Waals surface area contributed by atoms with Gasteiger partial charge in [0, 0.05) is 36.1 Å². The quantitative estimate of drug-likeness (QED) is 0.133. The summed E-state index contributed by atoms with van der Waals surface area (Å²) in [5, 5.41) is 0. The number of carbonyl (C=O) groups is 2. The minimum atomic E-state index is -0.346. The minimum absolute atomic E-state index is 0. The highest BCUT2D eigenvalue weighted by Crippen LogP contribution is 2.25. The van der Waals surface area contributed by atoms with Crippen molar-refractivity contribution in [2.24, 2.45) is 0 Å². The van der Waals surface area contributed by atoms with Crippen LogP contribution in [0.4, 0.5) is 0 Å². The van der Waals surface area contributed by atoms with Crippen LogP contribution in [0, 0.1) is 0 Å². The number of halogens is 2. The van der Waals surface area contributed by atoms with E-state index in [4.69, 9.17) is 9.47 Å². The van der Waals surface area contributed by atoms with Crippen molar-refractivity contribution in [1.82, 2.24) is 0 Å². The van der Waals surface area contributed by atoms with Crippen molar-refractivity contribution in [3.05, 3.63) is 97.1 Å². The molecular formula is C32H48Cl2N2O4. The number of hydrogen-bond donors (Lipinski definition) is 0. The van der Waals surface area contributed by atoms with E-state index >= 15 is 0 Å². The van der Waals surface area contributed by atoms with Crippen LogP contribution in [0.3, 0.4) is 0 Å². The Balaban J connectivity index is 0. The predicted molar refractivity (Wildman–Crippen MR) is 155 cm³/mol. The summed E-state index contributed by atoms with van der Waals surface area (Å²) in [6.45, 7) is 14.0. The average Bonchev–Trinajstić information content (AvgIpc) is 2.93. The molecule has 0 aliphatic heterocycles. The number of rotatable bonds is 14. The molecule has 2 rings (SSSR count). The first-order valence-corrected chi connectivity index (χ1v) is 13.3. The molecule has 0 N–H and O–H groups in total. The molecule has 0 saturated carbocycles. The van der Waals surface area contributed by atoms with Crippen LogP contribution < -0.4 is 24.8 Å². The lowest BCUT2D eigenvalue weighted by Crippen LogP contribution is -3.00. The number of hydrogen-bond acceptors (Lipinski definition) is 4. The van der Waals surface area contributed by atoms with Gasteiger partial charge in [0.1, 0.15) is 12.1 Å². The van der Waals surface area contributed by atoms with Gasteiger partial charge in [0.05, 0.1) is 54.5 Å². The summed E-state index contributed by atoms with van der Waals surface area (Å²) in [6.07, 6.45) is 4.10. The zero-order valence-corrected chi connectivity index (χ0v) is 26.5. The molecule has 2 unspecified atom stereocenters.